The number of amides is 3. The van der Waals surface area contributed by atoms with E-state index in [1.807, 2.05) is 67.6 Å². The molecule has 8 heteroatoms. The third kappa shape index (κ3) is 6.52. The molecule has 0 aliphatic carbocycles. The molecule has 3 aromatic rings. The first kappa shape index (κ1) is 28.0. The molecule has 2 fully saturated rings. The predicted octanol–water partition coefficient (Wildman–Crippen LogP) is 4.06. The minimum Gasteiger partial charge on any atom is -0.336 e. The summed E-state index contributed by atoms with van der Waals surface area (Å²) >= 11 is 0. The van der Waals surface area contributed by atoms with E-state index in [-0.39, 0.29) is 30.1 Å². The number of rotatable bonds is 5. The highest BCUT2D eigenvalue weighted by Gasteiger charge is 2.50. The lowest BCUT2D eigenvalue weighted by atomic mass is 9.98. The van der Waals surface area contributed by atoms with Crippen molar-refractivity contribution in [3.05, 3.63) is 107 Å². The third-order valence-corrected chi connectivity index (χ3v) is 7.10. The number of nitrogens with zero attached hydrogens (tertiary/aromatic N) is 4. The fraction of sp³-hybridized carbons (Fsp3) is 0.323. The topological polar surface area (TPSA) is 64.2 Å². The molecular formula is C31H35FN4O3. The molecule has 39 heavy (non-hydrogen) atoms. The first-order valence-electron chi connectivity index (χ1n) is 13.2. The molecule has 3 aromatic carbocycles. The SMILES string of the molecule is CC(=O)N1C2CN(CCc3ccccc3)C(=O)[C@H](c3ccccc3)N2C(=O)CN1C.CCc1ccc(F)cc1. The average molecular weight is 531 g/mol. The Morgan fingerprint density at radius 1 is 0.897 bits per heavy atom. The Morgan fingerprint density at radius 3 is 2.10 bits per heavy atom. The van der Waals surface area contributed by atoms with Crippen LogP contribution in [0.1, 0.15) is 36.6 Å². The van der Waals surface area contributed by atoms with Crippen molar-refractivity contribution >= 4 is 17.7 Å². The maximum absolute atomic E-state index is 13.5. The van der Waals surface area contributed by atoms with Crippen molar-refractivity contribution in [1.29, 1.82) is 0 Å². The maximum Gasteiger partial charge on any atom is 0.250 e. The number of carbonyl (C=O) groups excluding carboxylic acids is 3. The summed E-state index contributed by atoms with van der Waals surface area (Å²) in [5.41, 5.74) is 3.08. The van der Waals surface area contributed by atoms with Gasteiger partial charge in [-0.3, -0.25) is 19.4 Å². The quantitative estimate of drug-likeness (QED) is 0.499. The molecule has 5 rings (SSSR count). The summed E-state index contributed by atoms with van der Waals surface area (Å²) in [6, 6.07) is 25.2. The normalized spacial score (nSPS) is 19.3. The van der Waals surface area contributed by atoms with E-state index in [4.69, 9.17) is 0 Å². The van der Waals surface area contributed by atoms with E-state index in [2.05, 4.69) is 0 Å². The van der Waals surface area contributed by atoms with Crippen LogP contribution in [-0.4, -0.2) is 70.4 Å². The van der Waals surface area contributed by atoms with Gasteiger partial charge in [0.25, 0.3) is 0 Å². The van der Waals surface area contributed by atoms with Crippen LogP contribution >= 0.6 is 0 Å². The second kappa shape index (κ2) is 12.7. The van der Waals surface area contributed by atoms with Crippen molar-refractivity contribution in [3.63, 3.8) is 0 Å². The third-order valence-electron chi connectivity index (χ3n) is 7.10. The molecule has 0 saturated carbocycles. The number of carbonyl (C=O) groups is 3. The minimum atomic E-state index is -0.733. The van der Waals surface area contributed by atoms with E-state index in [1.54, 1.807) is 39.0 Å². The fourth-order valence-electron chi connectivity index (χ4n) is 5.14. The number of hydrogen-bond donors (Lipinski definition) is 0. The molecule has 2 saturated heterocycles. The summed E-state index contributed by atoms with van der Waals surface area (Å²) in [5, 5.41) is 3.25. The first-order valence-corrected chi connectivity index (χ1v) is 13.2. The lowest BCUT2D eigenvalue weighted by Gasteiger charge is -2.54. The lowest BCUT2D eigenvalue weighted by Crippen LogP contribution is -2.72. The molecular weight excluding hydrogens is 495 g/mol. The standard InChI is InChI=1S/C23H26N4O3.C8H9F/c1-17(28)27-20-15-25(14-13-18-9-5-3-6-10-18)23(30)22(19-11-7-4-8-12-19)26(20)21(29)16-24(27)2;1-2-7-3-5-8(9)6-4-7/h3-12,20,22H,13-16H2,1-2H3;3-6H,2H2,1H3/t20?,22-;/m0./s1. The zero-order valence-corrected chi connectivity index (χ0v) is 22.7. The van der Waals surface area contributed by atoms with Gasteiger partial charge in [-0.2, -0.15) is 0 Å². The minimum absolute atomic E-state index is 0.0662. The van der Waals surface area contributed by atoms with Crippen LogP contribution in [0.15, 0.2) is 84.9 Å². The number of benzene rings is 3. The van der Waals surface area contributed by atoms with Crippen molar-refractivity contribution in [2.45, 2.75) is 38.9 Å². The average Bonchev–Trinajstić information content (AvgIpc) is 2.94. The summed E-state index contributed by atoms with van der Waals surface area (Å²) in [7, 11) is 1.74. The van der Waals surface area contributed by atoms with E-state index in [0.717, 1.165) is 17.5 Å². The Labute approximate surface area is 229 Å². The van der Waals surface area contributed by atoms with E-state index in [9.17, 15) is 18.8 Å². The fourth-order valence-corrected chi connectivity index (χ4v) is 5.14. The Balaban J connectivity index is 0.000000333. The lowest BCUT2D eigenvalue weighted by molar-refractivity contribution is -0.202. The van der Waals surface area contributed by atoms with Gasteiger partial charge in [0, 0.05) is 20.5 Å². The molecule has 0 N–H and O–H groups in total. The number of likely N-dealkylation sites (N-methyl/N-ethyl adjacent to an activating group) is 1. The summed E-state index contributed by atoms with van der Waals surface area (Å²) in [4.78, 5) is 42.3. The van der Waals surface area contributed by atoms with Crippen molar-refractivity contribution in [2.75, 3.05) is 26.7 Å². The van der Waals surface area contributed by atoms with Crippen LogP contribution in [0.5, 0.6) is 0 Å². The number of aryl methyl sites for hydroxylation is 1. The molecule has 204 valence electrons. The Kier molecular flexibility index (Phi) is 9.09. The number of hydrazine groups is 1. The summed E-state index contributed by atoms with van der Waals surface area (Å²) in [5.74, 6) is -0.559. The highest BCUT2D eigenvalue weighted by atomic mass is 19.1. The van der Waals surface area contributed by atoms with Gasteiger partial charge >= 0.3 is 0 Å². The zero-order chi connectivity index (χ0) is 27.9. The molecule has 1 unspecified atom stereocenters. The predicted molar refractivity (Wildman–Crippen MR) is 147 cm³/mol. The number of hydrogen-bond acceptors (Lipinski definition) is 4. The van der Waals surface area contributed by atoms with E-state index < -0.39 is 12.2 Å². The largest absolute Gasteiger partial charge is 0.336 e. The van der Waals surface area contributed by atoms with Crippen LogP contribution in [0, 0.1) is 5.82 Å². The summed E-state index contributed by atoms with van der Waals surface area (Å²) < 4.78 is 12.2. The molecule has 7 nitrogen and oxygen atoms in total. The van der Waals surface area contributed by atoms with Gasteiger partial charge < -0.3 is 9.80 Å². The Morgan fingerprint density at radius 2 is 1.51 bits per heavy atom. The zero-order valence-electron chi connectivity index (χ0n) is 22.7. The van der Waals surface area contributed by atoms with Gasteiger partial charge in [-0.25, -0.2) is 9.40 Å². The highest BCUT2D eigenvalue weighted by Crippen LogP contribution is 2.34. The molecule has 3 amide bonds. The van der Waals surface area contributed by atoms with Crippen molar-refractivity contribution in [3.8, 4) is 0 Å². The highest BCUT2D eigenvalue weighted by molar-refractivity contribution is 5.92. The van der Waals surface area contributed by atoms with Gasteiger partial charge in [0.1, 0.15) is 18.0 Å². The van der Waals surface area contributed by atoms with Crippen LogP contribution in [0.2, 0.25) is 0 Å². The van der Waals surface area contributed by atoms with Gasteiger partial charge in [-0.15, -0.1) is 0 Å². The first-order chi connectivity index (χ1) is 18.8. The van der Waals surface area contributed by atoms with Crippen LogP contribution in [0.4, 0.5) is 4.39 Å². The summed E-state index contributed by atoms with van der Waals surface area (Å²) in [6.07, 6.45) is 1.16. The van der Waals surface area contributed by atoms with Gasteiger partial charge in [-0.05, 0) is 41.7 Å². The molecule has 2 heterocycles. The maximum atomic E-state index is 13.5. The van der Waals surface area contributed by atoms with Crippen LogP contribution in [0.25, 0.3) is 0 Å². The van der Waals surface area contributed by atoms with Crippen LogP contribution in [0.3, 0.4) is 0 Å². The molecule has 0 radical (unpaired) electrons. The van der Waals surface area contributed by atoms with E-state index in [0.29, 0.717) is 19.5 Å². The van der Waals surface area contributed by atoms with Gasteiger partial charge in [0.15, 0.2) is 0 Å². The number of piperazine rings is 1. The second-order valence-electron chi connectivity index (χ2n) is 9.77. The molecule has 2 aliphatic rings. The molecule has 2 atom stereocenters. The molecule has 0 bridgehead atoms. The smallest absolute Gasteiger partial charge is 0.250 e. The molecule has 2 aliphatic heterocycles. The van der Waals surface area contributed by atoms with Gasteiger partial charge in [-0.1, -0.05) is 79.7 Å². The second-order valence-corrected chi connectivity index (χ2v) is 9.77. The monoisotopic (exact) mass is 530 g/mol. The van der Waals surface area contributed by atoms with Crippen molar-refractivity contribution in [2.24, 2.45) is 0 Å². The summed E-state index contributed by atoms with van der Waals surface area (Å²) in [6.45, 7) is 4.43. The Bertz CT molecular complexity index is 1270. The molecule has 0 aromatic heterocycles. The number of fused-ring (bicyclic) bond motifs is 1. The van der Waals surface area contributed by atoms with Crippen molar-refractivity contribution < 1.29 is 18.8 Å². The number of halogens is 1. The van der Waals surface area contributed by atoms with Crippen LogP contribution < -0.4 is 0 Å². The van der Waals surface area contributed by atoms with Crippen LogP contribution in [-0.2, 0) is 27.2 Å². The molecule has 0 spiro atoms. The van der Waals surface area contributed by atoms with Crippen molar-refractivity contribution in [1.82, 2.24) is 19.8 Å². The van der Waals surface area contributed by atoms with E-state index >= 15 is 0 Å². The van der Waals surface area contributed by atoms with Gasteiger partial charge in [0.2, 0.25) is 17.7 Å². The van der Waals surface area contributed by atoms with E-state index in [1.165, 1.54) is 24.6 Å². The Hall–Kier alpha value is -4.04. The van der Waals surface area contributed by atoms with Gasteiger partial charge in [0.05, 0.1) is 13.1 Å².